The van der Waals surface area contributed by atoms with Crippen LogP contribution < -0.4 is 0 Å². The molecule has 0 bridgehead atoms. The van der Waals surface area contributed by atoms with Gasteiger partial charge < -0.3 is 9.15 Å². The van der Waals surface area contributed by atoms with Gasteiger partial charge in [-0.1, -0.05) is 133 Å². The molecule has 9 rings (SSSR count). The van der Waals surface area contributed by atoms with E-state index in [2.05, 4.69) is 36.4 Å². The van der Waals surface area contributed by atoms with E-state index < -0.39 is 0 Å². The first-order valence-corrected chi connectivity index (χ1v) is 17.0. The SMILES string of the molecule is N=C(OC(=N)c1cccc2ccccc12)c1ccccc1-c1cc(-c2ccc3oc4c(-c5ccccc5)cccc4c3c2)nc(-c2ccccc2)n1. The summed E-state index contributed by atoms with van der Waals surface area (Å²) in [7, 11) is 0. The fourth-order valence-corrected chi connectivity index (χ4v) is 6.79. The number of nitrogens with zero attached hydrogens (tertiary/aromatic N) is 2. The van der Waals surface area contributed by atoms with Gasteiger partial charge in [-0.2, -0.15) is 0 Å². The monoisotopic (exact) mass is 670 g/mol. The Kier molecular flexibility index (Phi) is 7.67. The third-order valence-corrected chi connectivity index (χ3v) is 9.32. The number of rotatable bonds is 6. The maximum Gasteiger partial charge on any atom is 0.221 e. The number of aromatic nitrogens is 2. The molecule has 0 unspecified atom stereocenters. The van der Waals surface area contributed by atoms with E-state index in [4.69, 9.17) is 29.9 Å². The zero-order valence-corrected chi connectivity index (χ0v) is 27.9. The number of para-hydroxylation sites is 1. The summed E-state index contributed by atoms with van der Waals surface area (Å²) in [6.45, 7) is 0. The van der Waals surface area contributed by atoms with E-state index in [9.17, 15) is 0 Å². The number of fused-ring (bicyclic) bond motifs is 4. The van der Waals surface area contributed by atoms with Crippen molar-refractivity contribution < 1.29 is 9.15 Å². The van der Waals surface area contributed by atoms with E-state index in [1.54, 1.807) is 0 Å². The molecule has 2 N–H and O–H groups in total. The highest BCUT2D eigenvalue weighted by atomic mass is 16.5. The van der Waals surface area contributed by atoms with Crippen LogP contribution in [0.5, 0.6) is 0 Å². The standard InChI is InChI=1S/C46H30N4O2/c47-44(37-24-11-18-29-15-7-8-19-33(29)37)52-45(48)38-21-10-9-20-35(38)41-28-40(49-46(50-41)31-16-5-2-6-17-31)32-25-26-42-39(27-32)36-23-12-22-34(43(36)51-42)30-13-3-1-4-14-30/h1-28,47-48H. The Morgan fingerprint density at radius 2 is 1.08 bits per heavy atom. The molecular formula is C46H30N4O2. The Bertz CT molecular complexity index is 2800. The van der Waals surface area contributed by atoms with Crippen LogP contribution in [0.4, 0.5) is 0 Å². The Balaban J connectivity index is 1.14. The molecule has 7 aromatic carbocycles. The molecule has 0 spiro atoms. The molecular weight excluding hydrogens is 641 g/mol. The number of furan rings is 1. The summed E-state index contributed by atoms with van der Waals surface area (Å²) >= 11 is 0. The maximum atomic E-state index is 9.06. The van der Waals surface area contributed by atoms with Gasteiger partial charge in [-0.15, -0.1) is 0 Å². The van der Waals surface area contributed by atoms with Gasteiger partial charge in [-0.25, -0.2) is 9.97 Å². The van der Waals surface area contributed by atoms with Crippen molar-refractivity contribution in [2.45, 2.75) is 0 Å². The first-order valence-electron chi connectivity index (χ1n) is 17.0. The van der Waals surface area contributed by atoms with Gasteiger partial charge in [0.1, 0.15) is 11.2 Å². The van der Waals surface area contributed by atoms with Crippen LogP contribution in [0.25, 0.3) is 77.7 Å². The van der Waals surface area contributed by atoms with Gasteiger partial charge in [0.25, 0.3) is 0 Å². The summed E-state index contributed by atoms with van der Waals surface area (Å²) in [4.78, 5) is 10.1. The molecule has 2 heterocycles. The van der Waals surface area contributed by atoms with Crippen LogP contribution in [-0.2, 0) is 4.74 Å². The van der Waals surface area contributed by atoms with E-state index in [1.807, 2.05) is 133 Å². The fraction of sp³-hybridized carbons (Fsp3) is 0. The van der Waals surface area contributed by atoms with Crippen molar-refractivity contribution in [3.8, 4) is 45.0 Å². The van der Waals surface area contributed by atoms with Crippen LogP contribution >= 0.6 is 0 Å². The lowest BCUT2D eigenvalue weighted by atomic mass is 10.00. The molecule has 0 radical (unpaired) electrons. The lowest BCUT2D eigenvalue weighted by Gasteiger charge is -2.15. The predicted molar refractivity (Wildman–Crippen MR) is 210 cm³/mol. The number of nitrogens with one attached hydrogen (secondary N) is 2. The first kappa shape index (κ1) is 30.8. The molecule has 0 aliphatic carbocycles. The Morgan fingerprint density at radius 3 is 1.92 bits per heavy atom. The largest absolute Gasteiger partial charge is 0.455 e. The predicted octanol–water partition coefficient (Wildman–Crippen LogP) is 11.6. The van der Waals surface area contributed by atoms with E-state index in [-0.39, 0.29) is 11.8 Å². The minimum absolute atomic E-state index is 0.0963. The second-order valence-electron chi connectivity index (χ2n) is 12.5. The van der Waals surface area contributed by atoms with Gasteiger partial charge in [-0.3, -0.25) is 10.8 Å². The summed E-state index contributed by atoms with van der Waals surface area (Å²) < 4.78 is 12.4. The number of ether oxygens (including phenoxy) is 1. The molecule has 0 saturated carbocycles. The highest BCUT2D eigenvalue weighted by molar-refractivity contribution is 6.13. The van der Waals surface area contributed by atoms with E-state index in [0.29, 0.717) is 28.2 Å². The van der Waals surface area contributed by atoms with Crippen molar-refractivity contribution in [3.63, 3.8) is 0 Å². The first-order chi connectivity index (χ1) is 25.6. The zero-order chi connectivity index (χ0) is 35.0. The molecule has 0 fully saturated rings. The van der Waals surface area contributed by atoms with E-state index >= 15 is 0 Å². The molecule has 246 valence electrons. The third kappa shape index (κ3) is 5.58. The Hall–Kier alpha value is -7.18. The fourth-order valence-electron chi connectivity index (χ4n) is 6.79. The molecule has 0 saturated heterocycles. The third-order valence-electron chi connectivity index (χ3n) is 9.32. The summed E-state index contributed by atoms with van der Waals surface area (Å²) in [5, 5.41) is 21.8. The average molecular weight is 671 g/mol. The summed E-state index contributed by atoms with van der Waals surface area (Å²) in [5.74, 6) is 0.318. The summed E-state index contributed by atoms with van der Waals surface area (Å²) in [6, 6.07) is 55.6. The van der Waals surface area contributed by atoms with Crippen LogP contribution in [0.1, 0.15) is 11.1 Å². The van der Waals surface area contributed by atoms with Crippen molar-refractivity contribution >= 4 is 44.5 Å². The van der Waals surface area contributed by atoms with Crippen molar-refractivity contribution in [1.82, 2.24) is 9.97 Å². The molecule has 0 amide bonds. The van der Waals surface area contributed by atoms with Crippen molar-refractivity contribution in [2.75, 3.05) is 0 Å². The lowest BCUT2D eigenvalue weighted by Crippen LogP contribution is -2.14. The molecule has 52 heavy (non-hydrogen) atoms. The lowest BCUT2D eigenvalue weighted by molar-refractivity contribution is 0.539. The number of hydrogen-bond acceptors (Lipinski definition) is 6. The summed E-state index contributed by atoms with van der Waals surface area (Å²) in [5.41, 5.74) is 8.74. The Labute approximate surface area is 299 Å². The smallest absolute Gasteiger partial charge is 0.221 e. The van der Waals surface area contributed by atoms with Gasteiger partial charge in [0.15, 0.2) is 5.82 Å². The average Bonchev–Trinajstić information content (AvgIpc) is 3.59. The zero-order valence-electron chi connectivity index (χ0n) is 27.9. The van der Waals surface area contributed by atoms with Crippen LogP contribution in [0.15, 0.2) is 174 Å². The summed E-state index contributed by atoms with van der Waals surface area (Å²) in [6.07, 6.45) is 0. The van der Waals surface area contributed by atoms with Crippen molar-refractivity contribution in [3.05, 3.63) is 181 Å². The maximum absolute atomic E-state index is 9.06. The molecule has 0 aliphatic rings. The normalized spacial score (nSPS) is 11.2. The highest BCUT2D eigenvalue weighted by Crippen LogP contribution is 2.38. The van der Waals surface area contributed by atoms with Crippen LogP contribution in [0, 0.1) is 10.8 Å². The van der Waals surface area contributed by atoms with E-state index in [0.717, 1.165) is 60.7 Å². The molecule has 2 aromatic heterocycles. The van der Waals surface area contributed by atoms with Gasteiger partial charge in [0.05, 0.1) is 11.4 Å². The van der Waals surface area contributed by atoms with Crippen molar-refractivity contribution in [1.29, 1.82) is 10.8 Å². The molecule has 0 aliphatic heterocycles. The van der Waals surface area contributed by atoms with Crippen LogP contribution in [-0.4, -0.2) is 21.8 Å². The van der Waals surface area contributed by atoms with Crippen molar-refractivity contribution in [2.24, 2.45) is 0 Å². The van der Waals surface area contributed by atoms with E-state index in [1.165, 1.54) is 0 Å². The molecule has 0 atom stereocenters. The Morgan fingerprint density at radius 1 is 0.462 bits per heavy atom. The minimum Gasteiger partial charge on any atom is -0.455 e. The number of hydrogen-bond donors (Lipinski definition) is 2. The topological polar surface area (TPSA) is 95.8 Å². The van der Waals surface area contributed by atoms with Crippen LogP contribution in [0.2, 0.25) is 0 Å². The second kappa shape index (κ2) is 12.9. The van der Waals surface area contributed by atoms with Gasteiger partial charge in [0, 0.05) is 44.2 Å². The molecule has 6 heteroatoms. The quantitative estimate of drug-likeness (QED) is 0.136. The second-order valence-corrected chi connectivity index (χ2v) is 12.5. The molecule has 9 aromatic rings. The highest BCUT2D eigenvalue weighted by Gasteiger charge is 2.19. The van der Waals surface area contributed by atoms with Crippen LogP contribution in [0.3, 0.4) is 0 Å². The number of benzene rings is 7. The van der Waals surface area contributed by atoms with Gasteiger partial charge in [0.2, 0.25) is 11.8 Å². The molecule has 6 nitrogen and oxygen atoms in total. The van der Waals surface area contributed by atoms with Gasteiger partial charge in [-0.05, 0) is 52.7 Å². The van der Waals surface area contributed by atoms with Gasteiger partial charge >= 0.3 is 0 Å². The minimum atomic E-state index is -0.143.